The first-order valence-corrected chi connectivity index (χ1v) is 14.7. The van der Waals surface area contributed by atoms with E-state index < -0.39 is 12.0 Å². The fourth-order valence-electron chi connectivity index (χ4n) is 4.62. The zero-order valence-electron chi connectivity index (χ0n) is 20.6. The predicted molar refractivity (Wildman–Crippen MR) is 164 cm³/mol. The van der Waals surface area contributed by atoms with Crippen LogP contribution in [-0.2, 0) is 9.53 Å². The second kappa shape index (κ2) is 10.8. The van der Waals surface area contributed by atoms with Crippen LogP contribution in [0.4, 0.5) is 0 Å². The second-order valence-corrected chi connectivity index (χ2v) is 11.9. The number of aromatic nitrogens is 1. The molecule has 7 nitrogen and oxygen atoms in total. The topological polar surface area (TPSA) is 90.1 Å². The lowest BCUT2D eigenvalue weighted by molar-refractivity contribution is -0.139. The zero-order valence-corrected chi connectivity index (χ0v) is 25.8. The van der Waals surface area contributed by atoms with Crippen molar-refractivity contribution in [2.45, 2.75) is 19.9 Å². The highest BCUT2D eigenvalue weighted by Crippen LogP contribution is 2.40. The van der Waals surface area contributed by atoms with Crippen LogP contribution in [0.3, 0.4) is 0 Å². The molecule has 194 valence electrons. The van der Waals surface area contributed by atoms with Gasteiger partial charge in [-0.2, -0.15) is 0 Å². The van der Waals surface area contributed by atoms with E-state index in [1.165, 1.54) is 11.3 Å². The number of aromatic hydroxyl groups is 1. The molecule has 0 radical (unpaired) electrons. The summed E-state index contributed by atoms with van der Waals surface area (Å²) in [4.78, 5) is 32.5. The number of halogens is 2. The highest BCUT2D eigenvalue weighted by atomic mass is 127. The maximum absolute atomic E-state index is 14.0. The molecular formula is C28H22I2N2O5S. The van der Waals surface area contributed by atoms with E-state index in [2.05, 4.69) is 50.2 Å². The highest BCUT2D eigenvalue weighted by Gasteiger charge is 2.36. The quantitative estimate of drug-likeness (QED) is 0.232. The van der Waals surface area contributed by atoms with Crippen molar-refractivity contribution in [2.75, 3.05) is 13.7 Å². The lowest BCUT2D eigenvalue weighted by Gasteiger charge is -2.27. The molecule has 1 atom stereocenters. The molecule has 0 unspecified atom stereocenters. The Morgan fingerprint density at radius 3 is 2.58 bits per heavy atom. The van der Waals surface area contributed by atoms with Crippen molar-refractivity contribution in [1.82, 2.24) is 4.57 Å². The van der Waals surface area contributed by atoms with Crippen molar-refractivity contribution >= 4 is 79.3 Å². The number of hydrogen-bond donors (Lipinski definition) is 1. The molecule has 0 saturated carbocycles. The lowest BCUT2D eigenvalue weighted by atomic mass is 9.90. The van der Waals surface area contributed by atoms with Gasteiger partial charge in [0.15, 0.2) is 4.80 Å². The Bertz CT molecular complexity index is 1800. The SMILES string of the molecule is CCOC(=O)C1=C(C)N=c2s/c(=C\c3cc(I)c(O)c(I)c3)c(=O)n2[C@H]1c1c(OC)ccc2ccccc12. The van der Waals surface area contributed by atoms with E-state index in [4.69, 9.17) is 9.47 Å². The van der Waals surface area contributed by atoms with Crippen LogP contribution in [0.5, 0.6) is 11.5 Å². The van der Waals surface area contributed by atoms with Crippen molar-refractivity contribution in [3.05, 3.63) is 97.8 Å². The summed E-state index contributed by atoms with van der Waals surface area (Å²) in [5, 5.41) is 12.0. The van der Waals surface area contributed by atoms with E-state index in [1.807, 2.05) is 48.5 Å². The summed E-state index contributed by atoms with van der Waals surface area (Å²) < 4.78 is 14.6. The van der Waals surface area contributed by atoms with Crippen LogP contribution in [0.25, 0.3) is 16.8 Å². The number of ether oxygens (including phenoxy) is 2. The number of phenols is 1. The van der Waals surface area contributed by atoms with Gasteiger partial charge in [-0.15, -0.1) is 0 Å². The van der Waals surface area contributed by atoms with Crippen LogP contribution in [0.2, 0.25) is 0 Å². The van der Waals surface area contributed by atoms with Gasteiger partial charge in [0.05, 0.1) is 36.7 Å². The van der Waals surface area contributed by atoms with Gasteiger partial charge in [0.2, 0.25) is 0 Å². The zero-order chi connectivity index (χ0) is 27.1. The van der Waals surface area contributed by atoms with Crippen LogP contribution in [-0.4, -0.2) is 29.4 Å². The smallest absolute Gasteiger partial charge is 0.338 e. The number of carbonyl (C=O) groups excluding carboxylic acids is 1. The van der Waals surface area contributed by atoms with E-state index >= 15 is 0 Å². The number of thiazole rings is 1. The fraction of sp³-hybridized carbons (Fsp3) is 0.179. The van der Waals surface area contributed by atoms with E-state index in [-0.39, 0.29) is 17.9 Å². The van der Waals surface area contributed by atoms with Gasteiger partial charge in [-0.3, -0.25) is 9.36 Å². The Kier molecular flexibility index (Phi) is 7.65. The molecule has 0 aliphatic carbocycles. The lowest BCUT2D eigenvalue weighted by Crippen LogP contribution is -2.40. The molecule has 5 rings (SSSR count). The van der Waals surface area contributed by atoms with Crippen molar-refractivity contribution < 1.29 is 19.4 Å². The molecule has 3 aromatic carbocycles. The maximum atomic E-state index is 14.0. The van der Waals surface area contributed by atoms with Crippen molar-refractivity contribution in [3.63, 3.8) is 0 Å². The minimum Gasteiger partial charge on any atom is -0.506 e. The Morgan fingerprint density at radius 2 is 1.89 bits per heavy atom. The van der Waals surface area contributed by atoms with Crippen LogP contribution in [0, 0.1) is 7.14 Å². The van der Waals surface area contributed by atoms with E-state index in [0.29, 0.717) is 39.1 Å². The molecule has 10 heteroatoms. The number of benzene rings is 3. The molecule has 2 heterocycles. The van der Waals surface area contributed by atoms with Gasteiger partial charge >= 0.3 is 5.97 Å². The van der Waals surface area contributed by atoms with E-state index in [9.17, 15) is 14.7 Å². The van der Waals surface area contributed by atoms with Crippen LogP contribution in [0.15, 0.2) is 69.6 Å². The van der Waals surface area contributed by atoms with Gasteiger partial charge < -0.3 is 14.6 Å². The molecule has 1 aliphatic heterocycles. The standard InChI is InChI=1S/C28H22I2N2O5S/c1-4-37-27(35)22-14(2)31-28-32(24(22)23-17-8-6-5-7-16(17)9-10-20(23)36-3)26(34)21(38-28)13-15-11-18(29)25(33)19(30)12-15/h5-13,24,33H,4H2,1-3H3/b21-13-/t24-/m1/s1. The summed E-state index contributed by atoms with van der Waals surface area (Å²) in [6.07, 6.45) is 1.79. The first-order valence-electron chi connectivity index (χ1n) is 11.7. The average Bonchev–Trinajstić information content (AvgIpc) is 3.19. The third-order valence-electron chi connectivity index (χ3n) is 6.28. The van der Waals surface area contributed by atoms with E-state index in [1.54, 1.807) is 31.6 Å². The minimum atomic E-state index is -0.798. The van der Waals surface area contributed by atoms with Crippen molar-refractivity contribution in [3.8, 4) is 11.5 Å². The predicted octanol–water partition coefficient (Wildman–Crippen LogP) is 4.87. The summed E-state index contributed by atoms with van der Waals surface area (Å²) in [5.41, 5.74) is 1.99. The monoisotopic (exact) mass is 752 g/mol. The van der Waals surface area contributed by atoms with Gasteiger partial charge in [0.1, 0.15) is 17.5 Å². The average molecular weight is 752 g/mol. The minimum absolute atomic E-state index is 0.192. The van der Waals surface area contributed by atoms with Gasteiger partial charge in [-0.05, 0) is 99.6 Å². The largest absolute Gasteiger partial charge is 0.506 e. The molecule has 0 amide bonds. The highest BCUT2D eigenvalue weighted by molar-refractivity contribution is 14.1. The Balaban J connectivity index is 1.84. The van der Waals surface area contributed by atoms with Gasteiger partial charge in [-0.25, -0.2) is 9.79 Å². The summed E-state index contributed by atoms with van der Waals surface area (Å²) in [7, 11) is 1.58. The number of nitrogens with zero attached hydrogens (tertiary/aromatic N) is 2. The number of hydrogen-bond acceptors (Lipinski definition) is 7. The molecule has 1 aromatic heterocycles. The first-order chi connectivity index (χ1) is 18.2. The number of fused-ring (bicyclic) bond motifs is 2. The third-order valence-corrected chi connectivity index (χ3v) is 8.91. The fourth-order valence-corrected chi connectivity index (χ4v) is 7.48. The molecule has 0 fully saturated rings. The molecule has 1 N–H and O–H groups in total. The first kappa shape index (κ1) is 26.9. The molecule has 0 bridgehead atoms. The number of rotatable bonds is 5. The normalized spacial score (nSPS) is 15.4. The molecule has 38 heavy (non-hydrogen) atoms. The van der Waals surface area contributed by atoms with Crippen molar-refractivity contribution in [2.24, 2.45) is 4.99 Å². The maximum Gasteiger partial charge on any atom is 0.338 e. The number of carbonyl (C=O) groups is 1. The van der Waals surface area contributed by atoms with E-state index in [0.717, 1.165) is 16.3 Å². The summed E-state index contributed by atoms with van der Waals surface area (Å²) >= 11 is 5.39. The molecule has 0 saturated heterocycles. The number of allylic oxidation sites excluding steroid dienone is 1. The Morgan fingerprint density at radius 1 is 1.18 bits per heavy atom. The second-order valence-electron chi connectivity index (χ2n) is 8.54. The van der Waals surface area contributed by atoms with Crippen LogP contribution in [0.1, 0.15) is 31.0 Å². The number of esters is 1. The van der Waals surface area contributed by atoms with Crippen LogP contribution < -0.4 is 19.6 Å². The molecule has 0 spiro atoms. The van der Waals surface area contributed by atoms with Crippen molar-refractivity contribution in [1.29, 1.82) is 0 Å². The summed E-state index contributed by atoms with van der Waals surface area (Å²) in [6, 6.07) is 14.4. The third kappa shape index (κ3) is 4.66. The van der Waals surface area contributed by atoms with Gasteiger partial charge in [0, 0.05) is 5.56 Å². The summed E-state index contributed by atoms with van der Waals surface area (Å²) in [5.74, 6) is 0.246. The molecular weight excluding hydrogens is 730 g/mol. The Labute approximate surface area is 249 Å². The number of methoxy groups -OCH3 is 1. The van der Waals surface area contributed by atoms with Gasteiger partial charge in [0.25, 0.3) is 5.56 Å². The molecule has 4 aromatic rings. The van der Waals surface area contributed by atoms with Gasteiger partial charge in [-0.1, -0.05) is 41.7 Å². The number of phenolic OH excluding ortho intramolecular Hbond substituents is 1. The molecule has 1 aliphatic rings. The summed E-state index contributed by atoms with van der Waals surface area (Å²) in [6.45, 7) is 3.70. The Hall–Kier alpha value is -2.71. The van der Waals surface area contributed by atoms with Crippen LogP contribution >= 0.6 is 56.5 Å².